The van der Waals surface area contributed by atoms with E-state index in [-0.39, 0.29) is 5.75 Å². The fourth-order valence-corrected chi connectivity index (χ4v) is 3.56. The van der Waals surface area contributed by atoms with Crippen molar-refractivity contribution in [2.75, 3.05) is 32.8 Å². The summed E-state index contributed by atoms with van der Waals surface area (Å²) in [6.07, 6.45) is 2.32. The van der Waals surface area contributed by atoms with E-state index in [1.807, 2.05) is 19.1 Å². The predicted octanol–water partition coefficient (Wildman–Crippen LogP) is 3.94. The number of phenolic OH excluding ortho intramolecular Hbond substituents is 1. The fourth-order valence-electron chi connectivity index (χ4n) is 3.10. The second kappa shape index (κ2) is 8.90. The van der Waals surface area contributed by atoms with Gasteiger partial charge in [0.1, 0.15) is 0 Å². The zero-order chi connectivity index (χ0) is 16.8. The van der Waals surface area contributed by atoms with Crippen LogP contribution in [0.15, 0.2) is 16.6 Å². The molecule has 1 fully saturated rings. The summed E-state index contributed by atoms with van der Waals surface area (Å²) in [5.74, 6) is 1.45. The van der Waals surface area contributed by atoms with Crippen LogP contribution in [-0.2, 0) is 0 Å². The summed E-state index contributed by atoms with van der Waals surface area (Å²) in [5.41, 5.74) is 1.22. The Morgan fingerprint density at radius 3 is 2.57 bits per heavy atom. The minimum absolute atomic E-state index is 0.193. The minimum atomic E-state index is 0.193. The number of hydrogen-bond acceptors (Lipinski definition) is 4. The zero-order valence-electron chi connectivity index (χ0n) is 14.4. The molecule has 0 aromatic heterocycles. The molecule has 2 N–H and O–H groups in total. The smallest absolute Gasteiger partial charge is 0.172 e. The second-order valence-corrected chi connectivity index (χ2v) is 7.41. The van der Waals surface area contributed by atoms with E-state index in [4.69, 9.17) is 4.74 Å². The van der Waals surface area contributed by atoms with Gasteiger partial charge >= 0.3 is 0 Å². The molecule has 1 aromatic rings. The molecule has 23 heavy (non-hydrogen) atoms. The van der Waals surface area contributed by atoms with Crippen molar-refractivity contribution in [1.82, 2.24) is 10.2 Å². The molecule has 4 nitrogen and oxygen atoms in total. The van der Waals surface area contributed by atoms with Gasteiger partial charge in [-0.05, 0) is 59.3 Å². The topological polar surface area (TPSA) is 44.7 Å². The van der Waals surface area contributed by atoms with E-state index in [0.717, 1.165) is 32.6 Å². The monoisotopic (exact) mass is 384 g/mol. The van der Waals surface area contributed by atoms with Gasteiger partial charge in [-0.1, -0.05) is 13.8 Å². The molecule has 1 saturated heterocycles. The summed E-state index contributed by atoms with van der Waals surface area (Å²) in [7, 11) is 0. The van der Waals surface area contributed by atoms with Crippen LogP contribution < -0.4 is 10.1 Å². The Morgan fingerprint density at radius 1 is 1.26 bits per heavy atom. The van der Waals surface area contributed by atoms with E-state index in [2.05, 4.69) is 40.0 Å². The van der Waals surface area contributed by atoms with Crippen molar-refractivity contribution in [3.8, 4) is 11.5 Å². The summed E-state index contributed by atoms with van der Waals surface area (Å²) in [6, 6.07) is 4.43. The molecule has 0 spiro atoms. The lowest BCUT2D eigenvalue weighted by molar-refractivity contribution is 0.159. The van der Waals surface area contributed by atoms with E-state index in [1.165, 1.54) is 12.0 Å². The highest BCUT2D eigenvalue weighted by Crippen LogP contribution is 2.39. The number of nitrogens with zero attached hydrogens (tertiary/aromatic N) is 1. The van der Waals surface area contributed by atoms with Crippen molar-refractivity contribution in [2.45, 2.75) is 39.7 Å². The number of phenols is 1. The Kier molecular flexibility index (Phi) is 7.18. The first kappa shape index (κ1) is 18.6. The van der Waals surface area contributed by atoms with E-state index in [9.17, 15) is 5.11 Å². The highest BCUT2D eigenvalue weighted by atomic mass is 79.9. The Balaban J connectivity index is 2.29. The van der Waals surface area contributed by atoms with E-state index >= 15 is 0 Å². The van der Waals surface area contributed by atoms with Crippen LogP contribution in [0, 0.1) is 5.92 Å². The maximum absolute atomic E-state index is 10.2. The molecular formula is C18H29BrN2O2. The highest BCUT2D eigenvalue weighted by Gasteiger charge is 2.24. The van der Waals surface area contributed by atoms with Crippen molar-refractivity contribution in [2.24, 2.45) is 5.92 Å². The lowest BCUT2D eigenvalue weighted by atomic mass is 9.95. The number of rotatable bonds is 7. The summed E-state index contributed by atoms with van der Waals surface area (Å²) in [5, 5.41) is 13.6. The Morgan fingerprint density at radius 2 is 1.96 bits per heavy atom. The molecule has 2 rings (SSSR count). The number of aromatic hydroxyl groups is 1. The molecule has 0 radical (unpaired) electrons. The van der Waals surface area contributed by atoms with Gasteiger partial charge in [0, 0.05) is 32.2 Å². The second-order valence-electron chi connectivity index (χ2n) is 6.56. The van der Waals surface area contributed by atoms with Gasteiger partial charge in [0.05, 0.1) is 11.1 Å². The Labute approximate surface area is 148 Å². The SMILES string of the molecule is CCOc1cc([C@@H](CCC(C)C)N2CCNCC2)cc(Br)c1O. The third kappa shape index (κ3) is 5.10. The van der Waals surface area contributed by atoms with Crippen LogP contribution >= 0.6 is 15.9 Å². The van der Waals surface area contributed by atoms with Crippen molar-refractivity contribution in [3.63, 3.8) is 0 Å². The molecule has 1 heterocycles. The molecule has 5 heteroatoms. The van der Waals surface area contributed by atoms with Gasteiger partial charge in [-0.15, -0.1) is 0 Å². The maximum atomic E-state index is 10.2. The van der Waals surface area contributed by atoms with Crippen LogP contribution in [0.25, 0.3) is 0 Å². The van der Waals surface area contributed by atoms with Gasteiger partial charge in [-0.3, -0.25) is 4.90 Å². The van der Waals surface area contributed by atoms with Crippen molar-refractivity contribution in [1.29, 1.82) is 0 Å². The predicted molar refractivity (Wildman–Crippen MR) is 98.2 cm³/mol. The number of benzene rings is 1. The molecule has 1 atom stereocenters. The normalized spacial score (nSPS) is 17.4. The van der Waals surface area contributed by atoms with Gasteiger partial charge < -0.3 is 15.2 Å². The number of halogens is 1. The number of piperazine rings is 1. The number of hydrogen-bond donors (Lipinski definition) is 2. The molecule has 1 aliphatic heterocycles. The third-order valence-corrected chi connectivity index (χ3v) is 4.95. The van der Waals surface area contributed by atoms with Crippen molar-refractivity contribution >= 4 is 15.9 Å². The lowest BCUT2D eigenvalue weighted by Gasteiger charge is -2.36. The molecule has 1 aliphatic rings. The maximum Gasteiger partial charge on any atom is 0.172 e. The van der Waals surface area contributed by atoms with Gasteiger partial charge in [-0.2, -0.15) is 0 Å². The average molecular weight is 385 g/mol. The van der Waals surface area contributed by atoms with Crippen LogP contribution in [0.4, 0.5) is 0 Å². The summed E-state index contributed by atoms with van der Waals surface area (Å²) >= 11 is 3.48. The van der Waals surface area contributed by atoms with Gasteiger partial charge in [0.15, 0.2) is 11.5 Å². The third-order valence-electron chi connectivity index (χ3n) is 4.35. The van der Waals surface area contributed by atoms with Gasteiger partial charge in [0.25, 0.3) is 0 Å². The first-order valence-electron chi connectivity index (χ1n) is 8.62. The molecule has 0 bridgehead atoms. The molecule has 1 aromatic carbocycles. The van der Waals surface area contributed by atoms with Crippen LogP contribution in [-0.4, -0.2) is 42.8 Å². The van der Waals surface area contributed by atoms with Crippen LogP contribution in [0.1, 0.15) is 45.2 Å². The van der Waals surface area contributed by atoms with E-state index in [0.29, 0.717) is 28.8 Å². The van der Waals surface area contributed by atoms with Crippen LogP contribution in [0.2, 0.25) is 0 Å². The van der Waals surface area contributed by atoms with E-state index < -0.39 is 0 Å². The van der Waals surface area contributed by atoms with E-state index in [1.54, 1.807) is 0 Å². The molecule has 0 amide bonds. The number of nitrogens with one attached hydrogen (secondary N) is 1. The lowest BCUT2D eigenvalue weighted by Crippen LogP contribution is -2.45. The Bertz CT molecular complexity index is 502. The van der Waals surface area contributed by atoms with Gasteiger partial charge in [-0.25, -0.2) is 0 Å². The molecule has 0 unspecified atom stereocenters. The molecule has 0 saturated carbocycles. The first-order valence-corrected chi connectivity index (χ1v) is 9.42. The largest absolute Gasteiger partial charge is 0.503 e. The summed E-state index contributed by atoms with van der Waals surface area (Å²) < 4.78 is 6.32. The quantitative estimate of drug-likeness (QED) is 0.747. The Hall–Kier alpha value is -0.780. The first-order chi connectivity index (χ1) is 11.0. The standard InChI is InChI=1S/C18H29BrN2O2/c1-4-23-17-12-14(11-15(19)18(17)22)16(6-5-13(2)3)21-9-7-20-8-10-21/h11-13,16,20,22H,4-10H2,1-3H3/t16-/m1/s1. The van der Waals surface area contributed by atoms with Crippen molar-refractivity contribution in [3.05, 3.63) is 22.2 Å². The highest BCUT2D eigenvalue weighted by molar-refractivity contribution is 9.10. The van der Waals surface area contributed by atoms with Gasteiger partial charge in [0.2, 0.25) is 0 Å². The summed E-state index contributed by atoms with van der Waals surface area (Å²) in [4.78, 5) is 2.55. The molecule has 130 valence electrons. The zero-order valence-corrected chi connectivity index (χ0v) is 16.0. The van der Waals surface area contributed by atoms with Crippen molar-refractivity contribution < 1.29 is 9.84 Å². The number of ether oxygens (including phenoxy) is 1. The average Bonchev–Trinajstić information content (AvgIpc) is 2.53. The van der Waals surface area contributed by atoms with Crippen LogP contribution in [0.3, 0.4) is 0 Å². The van der Waals surface area contributed by atoms with Crippen LogP contribution in [0.5, 0.6) is 11.5 Å². The minimum Gasteiger partial charge on any atom is -0.503 e. The molecular weight excluding hydrogens is 356 g/mol. The summed E-state index contributed by atoms with van der Waals surface area (Å²) in [6.45, 7) is 11.2. The molecule has 0 aliphatic carbocycles. The fraction of sp³-hybridized carbons (Fsp3) is 0.667.